The van der Waals surface area contributed by atoms with Gasteiger partial charge in [0.1, 0.15) is 5.01 Å². The highest BCUT2D eigenvalue weighted by Gasteiger charge is 2.27. The minimum Gasteiger partial charge on any atom is -0.307 e. The zero-order valence-electron chi connectivity index (χ0n) is 12.1. The monoisotopic (exact) mass is 266 g/mol. The molecule has 102 valence electrons. The Morgan fingerprint density at radius 1 is 1.28 bits per heavy atom. The minimum atomic E-state index is 0.697. The number of hydrogen-bond donors (Lipinski definition) is 1. The molecule has 0 saturated heterocycles. The predicted octanol–water partition coefficient (Wildman–Crippen LogP) is 4.06. The van der Waals surface area contributed by atoms with Gasteiger partial charge in [0.25, 0.3) is 0 Å². The molecule has 0 spiro atoms. The molecule has 2 atom stereocenters. The molecule has 1 aromatic rings. The van der Waals surface area contributed by atoms with Crippen LogP contribution in [0.5, 0.6) is 0 Å². The molecule has 3 heteroatoms. The van der Waals surface area contributed by atoms with Gasteiger partial charge in [-0.25, -0.2) is 4.98 Å². The van der Waals surface area contributed by atoms with Crippen LogP contribution < -0.4 is 5.32 Å². The van der Waals surface area contributed by atoms with Crippen molar-refractivity contribution >= 4 is 11.3 Å². The first-order valence-corrected chi connectivity index (χ1v) is 8.06. The van der Waals surface area contributed by atoms with Crippen LogP contribution in [0, 0.1) is 25.7 Å². The standard InChI is InChI=1S/C15H26N2S/c1-10(2)13-7-5-6-8-14(13)16-9-15-17-11(3)12(4)18-15/h10,13-14,16H,5-9H2,1-4H3. The second-order valence-electron chi connectivity index (χ2n) is 5.93. The Hall–Kier alpha value is -0.410. The van der Waals surface area contributed by atoms with Crippen molar-refractivity contribution in [1.82, 2.24) is 10.3 Å². The fourth-order valence-corrected chi connectivity index (χ4v) is 3.93. The van der Waals surface area contributed by atoms with E-state index in [1.165, 1.54) is 41.3 Å². The maximum atomic E-state index is 4.62. The number of hydrogen-bond acceptors (Lipinski definition) is 3. The molecule has 1 aromatic heterocycles. The Balaban J connectivity index is 1.91. The fraction of sp³-hybridized carbons (Fsp3) is 0.800. The van der Waals surface area contributed by atoms with E-state index in [1.807, 2.05) is 11.3 Å². The van der Waals surface area contributed by atoms with Gasteiger partial charge in [0.15, 0.2) is 0 Å². The molecule has 1 saturated carbocycles. The Bertz CT molecular complexity index is 364. The van der Waals surface area contributed by atoms with Crippen LogP contribution >= 0.6 is 11.3 Å². The van der Waals surface area contributed by atoms with Gasteiger partial charge in [0.05, 0.1) is 5.69 Å². The quantitative estimate of drug-likeness (QED) is 0.889. The van der Waals surface area contributed by atoms with E-state index in [2.05, 4.69) is 38.0 Å². The first-order chi connectivity index (χ1) is 8.58. The van der Waals surface area contributed by atoms with Gasteiger partial charge in [-0.2, -0.15) is 0 Å². The second kappa shape index (κ2) is 6.16. The van der Waals surface area contributed by atoms with Crippen LogP contribution in [-0.2, 0) is 6.54 Å². The van der Waals surface area contributed by atoms with Gasteiger partial charge in [0, 0.05) is 17.5 Å². The summed E-state index contributed by atoms with van der Waals surface area (Å²) < 4.78 is 0. The largest absolute Gasteiger partial charge is 0.307 e. The third kappa shape index (κ3) is 3.33. The maximum Gasteiger partial charge on any atom is 0.107 e. The summed E-state index contributed by atoms with van der Waals surface area (Å²) in [5.74, 6) is 1.64. The number of nitrogens with one attached hydrogen (secondary N) is 1. The predicted molar refractivity (Wildman–Crippen MR) is 79.0 cm³/mol. The summed E-state index contributed by atoms with van der Waals surface area (Å²) >= 11 is 1.84. The Morgan fingerprint density at radius 3 is 2.61 bits per heavy atom. The molecule has 1 heterocycles. The lowest BCUT2D eigenvalue weighted by molar-refractivity contribution is 0.204. The average Bonchev–Trinajstić information content (AvgIpc) is 2.66. The summed E-state index contributed by atoms with van der Waals surface area (Å²) in [6.07, 6.45) is 5.53. The molecule has 0 bridgehead atoms. The maximum absolute atomic E-state index is 4.62. The Morgan fingerprint density at radius 2 is 2.00 bits per heavy atom. The molecular weight excluding hydrogens is 240 g/mol. The van der Waals surface area contributed by atoms with Crippen molar-refractivity contribution in [2.75, 3.05) is 0 Å². The molecule has 0 amide bonds. The topological polar surface area (TPSA) is 24.9 Å². The molecule has 1 aliphatic carbocycles. The van der Waals surface area contributed by atoms with Crippen molar-refractivity contribution in [1.29, 1.82) is 0 Å². The van der Waals surface area contributed by atoms with E-state index in [0.717, 1.165) is 18.4 Å². The van der Waals surface area contributed by atoms with E-state index in [1.54, 1.807) is 0 Å². The molecule has 1 N–H and O–H groups in total. The van der Waals surface area contributed by atoms with Crippen LogP contribution in [0.3, 0.4) is 0 Å². The number of thiazole rings is 1. The second-order valence-corrected chi connectivity index (χ2v) is 7.22. The lowest BCUT2D eigenvalue weighted by Gasteiger charge is -2.34. The molecule has 2 nitrogen and oxygen atoms in total. The van der Waals surface area contributed by atoms with Crippen molar-refractivity contribution in [3.05, 3.63) is 15.6 Å². The van der Waals surface area contributed by atoms with Crippen LogP contribution in [0.15, 0.2) is 0 Å². The van der Waals surface area contributed by atoms with Gasteiger partial charge >= 0.3 is 0 Å². The number of aromatic nitrogens is 1. The highest BCUT2D eigenvalue weighted by Crippen LogP contribution is 2.30. The summed E-state index contributed by atoms with van der Waals surface area (Å²) in [5, 5.41) is 5.01. The fourth-order valence-electron chi connectivity index (χ4n) is 3.04. The van der Waals surface area contributed by atoms with Gasteiger partial charge < -0.3 is 5.32 Å². The Labute approximate surface area is 115 Å². The van der Waals surface area contributed by atoms with E-state index in [9.17, 15) is 0 Å². The molecule has 0 radical (unpaired) electrons. The van der Waals surface area contributed by atoms with E-state index in [0.29, 0.717) is 6.04 Å². The first-order valence-electron chi connectivity index (χ1n) is 7.24. The first kappa shape index (κ1) is 14.0. The SMILES string of the molecule is Cc1nc(CNC2CCCCC2C(C)C)sc1C. The normalized spacial score (nSPS) is 24.7. The van der Waals surface area contributed by atoms with Crippen LogP contribution in [-0.4, -0.2) is 11.0 Å². The van der Waals surface area contributed by atoms with Crippen molar-refractivity contribution in [3.8, 4) is 0 Å². The summed E-state index contributed by atoms with van der Waals surface area (Å²) in [5.41, 5.74) is 1.20. The molecule has 1 fully saturated rings. The zero-order valence-corrected chi connectivity index (χ0v) is 12.9. The molecule has 0 aromatic carbocycles. The lowest BCUT2D eigenvalue weighted by Crippen LogP contribution is -2.40. The van der Waals surface area contributed by atoms with Crippen molar-refractivity contribution < 1.29 is 0 Å². The van der Waals surface area contributed by atoms with Crippen LogP contribution in [0.1, 0.15) is 55.1 Å². The zero-order chi connectivity index (χ0) is 13.1. The Kier molecular flexibility index (Phi) is 4.79. The minimum absolute atomic E-state index is 0.697. The number of nitrogens with zero attached hydrogens (tertiary/aromatic N) is 1. The average molecular weight is 266 g/mol. The lowest BCUT2D eigenvalue weighted by atomic mass is 9.78. The van der Waals surface area contributed by atoms with E-state index in [-0.39, 0.29) is 0 Å². The van der Waals surface area contributed by atoms with E-state index >= 15 is 0 Å². The van der Waals surface area contributed by atoms with Gasteiger partial charge in [-0.1, -0.05) is 26.7 Å². The molecule has 18 heavy (non-hydrogen) atoms. The number of rotatable bonds is 4. The summed E-state index contributed by atoms with van der Waals surface area (Å²) in [7, 11) is 0. The van der Waals surface area contributed by atoms with Crippen molar-refractivity contribution in [3.63, 3.8) is 0 Å². The van der Waals surface area contributed by atoms with E-state index in [4.69, 9.17) is 0 Å². The third-order valence-corrected chi connectivity index (χ3v) is 5.34. The summed E-state index contributed by atoms with van der Waals surface area (Å²) in [6.45, 7) is 9.94. The van der Waals surface area contributed by atoms with Gasteiger partial charge in [0.2, 0.25) is 0 Å². The van der Waals surface area contributed by atoms with Crippen molar-refractivity contribution in [2.24, 2.45) is 11.8 Å². The molecule has 0 aliphatic heterocycles. The molecule has 1 aliphatic rings. The highest BCUT2D eigenvalue weighted by atomic mass is 32.1. The highest BCUT2D eigenvalue weighted by molar-refractivity contribution is 7.11. The van der Waals surface area contributed by atoms with Crippen LogP contribution in [0.2, 0.25) is 0 Å². The van der Waals surface area contributed by atoms with E-state index < -0.39 is 0 Å². The number of aryl methyl sites for hydroxylation is 2. The van der Waals surface area contributed by atoms with Gasteiger partial charge in [-0.3, -0.25) is 0 Å². The van der Waals surface area contributed by atoms with Gasteiger partial charge in [-0.15, -0.1) is 11.3 Å². The van der Waals surface area contributed by atoms with Crippen molar-refractivity contribution in [2.45, 2.75) is 66.0 Å². The molecule has 2 unspecified atom stereocenters. The van der Waals surface area contributed by atoms with Crippen LogP contribution in [0.4, 0.5) is 0 Å². The summed E-state index contributed by atoms with van der Waals surface area (Å²) in [6, 6.07) is 0.697. The van der Waals surface area contributed by atoms with Crippen LogP contribution in [0.25, 0.3) is 0 Å². The smallest absolute Gasteiger partial charge is 0.107 e. The molecule has 2 rings (SSSR count). The van der Waals surface area contributed by atoms with Gasteiger partial charge in [-0.05, 0) is 38.5 Å². The molecular formula is C15H26N2S. The summed E-state index contributed by atoms with van der Waals surface area (Å²) in [4.78, 5) is 5.98. The third-order valence-electron chi connectivity index (χ3n) is 4.26.